The molecule has 5 heteroatoms. The van der Waals surface area contributed by atoms with Gasteiger partial charge in [-0.25, -0.2) is 0 Å². The van der Waals surface area contributed by atoms with Gasteiger partial charge in [0, 0.05) is 23.8 Å². The predicted molar refractivity (Wildman–Crippen MR) is 102 cm³/mol. The molecule has 0 bridgehead atoms. The average Bonchev–Trinajstić information content (AvgIpc) is 3.05. The molecule has 5 nitrogen and oxygen atoms in total. The molecule has 0 amide bonds. The lowest BCUT2D eigenvalue weighted by atomic mass is 9.79. The van der Waals surface area contributed by atoms with E-state index in [4.69, 9.17) is 9.47 Å². The van der Waals surface area contributed by atoms with Crippen LogP contribution < -0.4 is 0 Å². The van der Waals surface area contributed by atoms with Crippen LogP contribution in [0.25, 0.3) is 0 Å². The zero-order valence-corrected chi connectivity index (χ0v) is 16.3. The van der Waals surface area contributed by atoms with Gasteiger partial charge in [-0.2, -0.15) is 0 Å². The van der Waals surface area contributed by atoms with Crippen molar-refractivity contribution >= 4 is 17.7 Å². The molecule has 146 valence electrons. The van der Waals surface area contributed by atoms with Crippen LogP contribution >= 0.6 is 0 Å². The summed E-state index contributed by atoms with van der Waals surface area (Å²) in [5.74, 6) is -1.51. The largest absolute Gasteiger partial charge is 0.461 e. The first-order valence-corrected chi connectivity index (χ1v) is 9.73. The van der Waals surface area contributed by atoms with Gasteiger partial charge < -0.3 is 9.47 Å². The maximum absolute atomic E-state index is 12.6. The molecule has 1 heterocycles. The third-order valence-electron chi connectivity index (χ3n) is 6.21. The Labute approximate surface area is 164 Å². The number of rotatable bonds is 3. The van der Waals surface area contributed by atoms with Crippen molar-refractivity contribution in [2.75, 3.05) is 0 Å². The summed E-state index contributed by atoms with van der Waals surface area (Å²) in [5.41, 5.74) is 3.41. The van der Waals surface area contributed by atoms with E-state index in [2.05, 4.69) is 0 Å². The molecule has 1 aromatic carbocycles. The Morgan fingerprint density at radius 2 is 1.89 bits per heavy atom. The molecule has 1 aliphatic heterocycles. The summed E-state index contributed by atoms with van der Waals surface area (Å²) in [6.45, 7) is 5.64. The fraction of sp³-hybridized carbons (Fsp3) is 0.435. The number of hydrogen-bond acceptors (Lipinski definition) is 5. The molecule has 0 radical (unpaired) electrons. The Morgan fingerprint density at radius 3 is 2.61 bits per heavy atom. The van der Waals surface area contributed by atoms with Crippen molar-refractivity contribution < 1.29 is 23.9 Å². The normalized spacial score (nSPS) is 31.7. The Morgan fingerprint density at radius 1 is 1.18 bits per heavy atom. The number of allylic oxidation sites excluding steroid dienone is 1. The highest BCUT2D eigenvalue weighted by molar-refractivity contribution is 6.09. The van der Waals surface area contributed by atoms with Crippen molar-refractivity contribution in [3.8, 4) is 0 Å². The fourth-order valence-corrected chi connectivity index (χ4v) is 4.88. The molecule has 0 aromatic heterocycles. The summed E-state index contributed by atoms with van der Waals surface area (Å²) in [5, 5.41) is 0. The van der Waals surface area contributed by atoms with Gasteiger partial charge in [-0.1, -0.05) is 48.4 Å². The van der Waals surface area contributed by atoms with Gasteiger partial charge in [0.1, 0.15) is 12.2 Å². The second kappa shape index (κ2) is 7.04. The van der Waals surface area contributed by atoms with Gasteiger partial charge in [0.05, 0.1) is 12.3 Å². The first-order valence-electron chi connectivity index (χ1n) is 9.73. The van der Waals surface area contributed by atoms with Crippen LogP contribution in [0.15, 0.2) is 53.1 Å². The first kappa shape index (κ1) is 18.7. The molecule has 0 N–H and O–H groups in total. The Balaban J connectivity index is 1.63. The van der Waals surface area contributed by atoms with Gasteiger partial charge in [0.25, 0.3) is 0 Å². The smallest absolute Gasteiger partial charge is 0.310 e. The van der Waals surface area contributed by atoms with E-state index in [1.54, 1.807) is 6.08 Å². The molecule has 28 heavy (non-hydrogen) atoms. The Bertz CT molecular complexity index is 895. The van der Waals surface area contributed by atoms with E-state index in [1.165, 1.54) is 0 Å². The van der Waals surface area contributed by atoms with Crippen molar-refractivity contribution in [3.05, 3.63) is 58.7 Å². The van der Waals surface area contributed by atoms with Crippen LogP contribution in [0.1, 0.15) is 32.8 Å². The SMILES string of the molecule is CC1=CC(=O)C2=C(C)C[C@@H](OC(=O)Cc3ccccc3)[C@@H]3[C@@H](OC(=O)[C@@H]3C)[C@@H]12. The van der Waals surface area contributed by atoms with E-state index in [0.29, 0.717) is 12.0 Å². The number of ether oxygens (including phenoxy) is 2. The number of carbonyl (C=O) groups is 3. The van der Waals surface area contributed by atoms with Gasteiger partial charge in [0.2, 0.25) is 0 Å². The summed E-state index contributed by atoms with van der Waals surface area (Å²) in [6.07, 6.45) is 1.31. The maximum atomic E-state index is 12.6. The van der Waals surface area contributed by atoms with Gasteiger partial charge in [-0.15, -0.1) is 0 Å². The molecular formula is C23H24O5. The van der Waals surface area contributed by atoms with Crippen LogP contribution in [0.5, 0.6) is 0 Å². The molecule has 0 unspecified atom stereocenters. The van der Waals surface area contributed by atoms with Crippen LogP contribution in [0, 0.1) is 17.8 Å². The number of ketones is 1. The molecule has 5 atom stereocenters. The summed E-state index contributed by atoms with van der Waals surface area (Å²) < 4.78 is 11.6. The van der Waals surface area contributed by atoms with Crippen LogP contribution in [-0.4, -0.2) is 29.9 Å². The van der Waals surface area contributed by atoms with Crippen LogP contribution in [0.4, 0.5) is 0 Å². The number of fused-ring (bicyclic) bond motifs is 3. The Kier molecular flexibility index (Phi) is 4.69. The summed E-state index contributed by atoms with van der Waals surface area (Å²) in [7, 11) is 0. The Hall–Kier alpha value is -2.69. The third-order valence-corrected chi connectivity index (χ3v) is 6.21. The molecule has 0 saturated carbocycles. The summed E-state index contributed by atoms with van der Waals surface area (Å²) in [6, 6.07) is 9.42. The van der Waals surface area contributed by atoms with E-state index < -0.39 is 12.2 Å². The second-order valence-electron chi connectivity index (χ2n) is 8.09. The minimum atomic E-state index is -0.485. The monoisotopic (exact) mass is 380 g/mol. The van der Waals surface area contributed by atoms with Gasteiger partial charge in [-0.3, -0.25) is 14.4 Å². The fourth-order valence-electron chi connectivity index (χ4n) is 4.88. The van der Waals surface area contributed by atoms with Crippen molar-refractivity contribution in [2.45, 2.75) is 45.8 Å². The van der Waals surface area contributed by atoms with E-state index >= 15 is 0 Å². The summed E-state index contributed by atoms with van der Waals surface area (Å²) >= 11 is 0. The lowest BCUT2D eigenvalue weighted by molar-refractivity contribution is -0.152. The van der Waals surface area contributed by atoms with E-state index in [9.17, 15) is 14.4 Å². The molecule has 1 aromatic rings. The van der Waals surface area contributed by atoms with Crippen LogP contribution in [-0.2, 0) is 30.3 Å². The van der Waals surface area contributed by atoms with Crippen LogP contribution in [0.3, 0.4) is 0 Å². The summed E-state index contributed by atoms with van der Waals surface area (Å²) in [4.78, 5) is 37.5. The lowest BCUT2D eigenvalue weighted by Gasteiger charge is -2.29. The second-order valence-corrected chi connectivity index (χ2v) is 8.09. The molecule has 3 aliphatic rings. The maximum Gasteiger partial charge on any atom is 0.310 e. The molecule has 1 saturated heterocycles. The zero-order chi connectivity index (χ0) is 20.0. The molecule has 0 spiro atoms. The van der Waals surface area contributed by atoms with Crippen molar-refractivity contribution in [1.82, 2.24) is 0 Å². The van der Waals surface area contributed by atoms with Gasteiger partial charge >= 0.3 is 11.9 Å². The zero-order valence-electron chi connectivity index (χ0n) is 16.3. The third kappa shape index (κ3) is 3.09. The highest BCUT2D eigenvalue weighted by atomic mass is 16.6. The number of carbonyl (C=O) groups excluding carboxylic acids is 3. The number of esters is 2. The highest BCUT2D eigenvalue weighted by Gasteiger charge is 2.55. The molecular weight excluding hydrogens is 356 g/mol. The van der Waals surface area contributed by atoms with Crippen molar-refractivity contribution in [3.63, 3.8) is 0 Å². The number of hydrogen-bond donors (Lipinski definition) is 0. The predicted octanol–water partition coefficient (Wildman–Crippen LogP) is 3.18. The average molecular weight is 380 g/mol. The first-order chi connectivity index (χ1) is 13.4. The van der Waals surface area contributed by atoms with E-state index in [1.807, 2.05) is 51.1 Å². The van der Waals surface area contributed by atoms with Crippen molar-refractivity contribution in [1.29, 1.82) is 0 Å². The van der Waals surface area contributed by atoms with Crippen LogP contribution in [0.2, 0.25) is 0 Å². The highest BCUT2D eigenvalue weighted by Crippen LogP contribution is 2.48. The minimum absolute atomic E-state index is 0.0226. The molecule has 1 fully saturated rings. The van der Waals surface area contributed by atoms with Gasteiger partial charge in [0.15, 0.2) is 5.78 Å². The standard InChI is InChI=1S/C23H24O5/c1-12-9-16(24)19-13(2)10-17(21-14(3)23(26)28-22(21)20(12)19)27-18(25)11-15-7-5-4-6-8-15/h4-9,14,17,20-22H,10-11H2,1-3H3/t14-,17-,20+,21-,22+/m1/s1. The quantitative estimate of drug-likeness (QED) is 0.754. The van der Waals surface area contributed by atoms with E-state index in [0.717, 1.165) is 16.7 Å². The van der Waals surface area contributed by atoms with Crippen molar-refractivity contribution in [2.24, 2.45) is 17.8 Å². The molecule has 2 aliphatic carbocycles. The minimum Gasteiger partial charge on any atom is -0.461 e. The van der Waals surface area contributed by atoms with Gasteiger partial charge in [-0.05, 0) is 25.5 Å². The number of benzene rings is 1. The van der Waals surface area contributed by atoms with E-state index in [-0.39, 0.29) is 41.9 Å². The topological polar surface area (TPSA) is 69.7 Å². The molecule has 4 rings (SSSR count). The lowest BCUT2D eigenvalue weighted by Crippen LogP contribution is -2.38.